The fourth-order valence-electron chi connectivity index (χ4n) is 4.89. The SMILES string of the molecule is CC(C)c1cc(C(=O)Nc2ccccc2CN2CCOCC2)c(OCc2ccccc2)cc1OCc1ccccc1. The van der Waals surface area contributed by atoms with Crippen LogP contribution in [0.1, 0.15) is 52.4 Å². The largest absolute Gasteiger partial charge is 0.488 e. The summed E-state index contributed by atoms with van der Waals surface area (Å²) in [5, 5.41) is 3.18. The number of anilines is 1. The van der Waals surface area contributed by atoms with E-state index >= 15 is 0 Å². The molecule has 1 fully saturated rings. The second-order valence-corrected chi connectivity index (χ2v) is 10.6. The van der Waals surface area contributed by atoms with E-state index in [1.54, 1.807) is 0 Å². The minimum Gasteiger partial charge on any atom is -0.488 e. The molecule has 41 heavy (non-hydrogen) atoms. The molecule has 0 radical (unpaired) electrons. The molecule has 0 aromatic heterocycles. The summed E-state index contributed by atoms with van der Waals surface area (Å²) in [6.07, 6.45) is 0. The van der Waals surface area contributed by atoms with Gasteiger partial charge < -0.3 is 19.5 Å². The minimum absolute atomic E-state index is 0.143. The molecule has 0 atom stereocenters. The number of nitrogens with zero attached hydrogens (tertiary/aromatic N) is 1. The van der Waals surface area contributed by atoms with Gasteiger partial charge in [-0.1, -0.05) is 92.7 Å². The van der Waals surface area contributed by atoms with E-state index in [2.05, 4.69) is 30.1 Å². The van der Waals surface area contributed by atoms with Gasteiger partial charge in [-0.15, -0.1) is 0 Å². The van der Waals surface area contributed by atoms with Crippen molar-refractivity contribution in [2.45, 2.75) is 39.5 Å². The Morgan fingerprint density at radius 3 is 2.02 bits per heavy atom. The van der Waals surface area contributed by atoms with Gasteiger partial charge in [-0.2, -0.15) is 0 Å². The molecule has 1 aliphatic rings. The van der Waals surface area contributed by atoms with Crippen LogP contribution >= 0.6 is 0 Å². The van der Waals surface area contributed by atoms with E-state index in [-0.39, 0.29) is 11.8 Å². The maximum Gasteiger partial charge on any atom is 0.259 e. The van der Waals surface area contributed by atoms with Crippen LogP contribution in [0.15, 0.2) is 97.1 Å². The van der Waals surface area contributed by atoms with Crippen molar-refractivity contribution in [1.82, 2.24) is 4.90 Å². The standard InChI is InChI=1S/C35H38N2O4/c1-26(2)30-21-31(35(38)36-32-16-10-9-15-29(32)23-37-17-19-39-20-18-37)34(41-25-28-13-7-4-8-14-28)22-33(30)40-24-27-11-5-3-6-12-27/h3-16,21-22,26H,17-20,23-25H2,1-2H3,(H,36,38). The van der Waals surface area contributed by atoms with Crippen molar-refractivity contribution in [3.63, 3.8) is 0 Å². The van der Waals surface area contributed by atoms with Gasteiger partial charge in [0.2, 0.25) is 0 Å². The summed E-state index contributed by atoms with van der Waals surface area (Å²) >= 11 is 0. The summed E-state index contributed by atoms with van der Waals surface area (Å²) in [4.78, 5) is 16.2. The first-order valence-electron chi connectivity index (χ1n) is 14.3. The fourth-order valence-corrected chi connectivity index (χ4v) is 4.89. The molecule has 0 saturated carbocycles. The number of carbonyl (C=O) groups excluding carboxylic acids is 1. The highest BCUT2D eigenvalue weighted by Gasteiger charge is 2.21. The van der Waals surface area contributed by atoms with Gasteiger partial charge in [0, 0.05) is 31.4 Å². The summed E-state index contributed by atoms with van der Waals surface area (Å²) in [5.74, 6) is 1.14. The molecule has 5 rings (SSSR count). The number of benzene rings is 4. The van der Waals surface area contributed by atoms with E-state index in [4.69, 9.17) is 14.2 Å². The Labute approximate surface area is 242 Å². The first kappa shape index (κ1) is 28.4. The second kappa shape index (κ2) is 14.0. The highest BCUT2D eigenvalue weighted by atomic mass is 16.5. The van der Waals surface area contributed by atoms with Crippen molar-refractivity contribution < 1.29 is 19.0 Å². The first-order chi connectivity index (χ1) is 20.1. The zero-order chi connectivity index (χ0) is 28.4. The Bertz CT molecular complexity index is 1420. The lowest BCUT2D eigenvalue weighted by Gasteiger charge is -2.27. The third-order valence-electron chi connectivity index (χ3n) is 7.22. The van der Waals surface area contributed by atoms with Crippen LogP contribution in [0, 0.1) is 0 Å². The van der Waals surface area contributed by atoms with Crippen molar-refractivity contribution in [3.8, 4) is 11.5 Å². The third kappa shape index (κ3) is 7.75. The van der Waals surface area contributed by atoms with E-state index < -0.39 is 0 Å². The quantitative estimate of drug-likeness (QED) is 0.217. The molecule has 1 N–H and O–H groups in total. The van der Waals surface area contributed by atoms with Crippen molar-refractivity contribution in [2.24, 2.45) is 0 Å². The second-order valence-electron chi connectivity index (χ2n) is 10.6. The summed E-state index contributed by atoms with van der Waals surface area (Å²) in [6.45, 7) is 8.95. The van der Waals surface area contributed by atoms with Gasteiger partial charge in [0.1, 0.15) is 24.7 Å². The first-order valence-corrected chi connectivity index (χ1v) is 14.3. The molecule has 0 unspecified atom stereocenters. The number of hydrogen-bond acceptors (Lipinski definition) is 5. The number of morpholine rings is 1. The van der Waals surface area contributed by atoms with Gasteiger partial charge in [0.25, 0.3) is 5.91 Å². The number of nitrogens with one attached hydrogen (secondary N) is 1. The van der Waals surface area contributed by atoms with E-state index in [1.165, 1.54) is 0 Å². The molecule has 1 amide bonds. The molecule has 6 heteroatoms. The summed E-state index contributed by atoms with van der Waals surface area (Å²) in [6, 6.07) is 31.8. The predicted octanol–water partition coefficient (Wildman–Crippen LogP) is 7.05. The molecule has 4 aromatic rings. The number of para-hydroxylation sites is 1. The Hall–Kier alpha value is -4.13. The summed E-state index contributed by atoms with van der Waals surface area (Å²) in [7, 11) is 0. The molecule has 6 nitrogen and oxygen atoms in total. The maximum atomic E-state index is 13.9. The lowest BCUT2D eigenvalue weighted by atomic mass is 9.98. The maximum absolute atomic E-state index is 13.9. The van der Waals surface area contributed by atoms with Crippen LogP contribution in [0.4, 0.5) is 5.69 Å². The Kier molecular flexibility index (Phi) is 9.68. The molecular weight excluding hydrogens is 512 g/mol. The van der Waals surface area contributed by atoms with E-state index in [0.29, 0.717) is 24.5 Å². The number of ether oxygens (including phenoxy) is 3. The molecule has 4 aromatic carbocycles. The average molecular weight is 551 g/mol. The van der Waals surface area contributed by atoms with E-state index in [0.717, 1.165) is 66.5 Å². The van der Waals surface area contributed by atoms with Crippen LogP contribution in [-0.4, -0.2) is 37.1 Å². The van der Waals surface area contributed by atoms with Crippen LogP contribution in [0.2, 0.25) is 0 Å². The minimum atomic E-state index is -0.209. The lowest BCUT2D eigenvalue weighted by Crippen LogP contribution is -2.35. The van der Waals surface area contributed by atoms with Gasteiger partial charge >= 0.3 is 0 Å². The monoisotopic (exact) mass is 550 g/mol. The lowest BCUT2D eigenvalue weighted by molar-refractivity contribution is 0.0342. The Balaban J connectivity index is 1.43. The van der Waals surface area contributed by atoms with Crippen molar-refractivity contribution >= 4 is 11.6 Å². The van der Waals surface area contributed by atoms with Crippen LogP contribution in [-0.2, 0) is 24.5 Å². The van der Waals surface area contributed by atoms with Crippen LogP contribution in [0.3, 0.4) is 0 Å². The number of amides is 1. The van der Waals surface area contributed by atoms with Crippen LogP contribution in [0.25, 0.3) is 0 Å². The van der Waals surface area contributed by atoms with Crippen molar-refractivity contribution in [3.05, 3.63) is 125 Å². The van der Waals surface area contributed by atoms with Gasteiger partial charge in [0.05, 0.1) is 18.8 Å². The normalized spacial score (nSPS) is 13.6. The number of carbonyl (C=O) groups is 1. The molecule has 212 valence electrons. The van der Waals surface area contributed by atoms with Crippen molar-refractivity contribution in [2.75, 3.05) is 31.6 Å². The fraction of sp³-hybridized carbons (Fsp3) is 0.286. The van der Waals surface area contributed by atoms with Gasteiger partial charge in [-0.05, 0) is 40.3 Å². The van der Waals surface area contributed by atoms with Crippen LogP contribution in [0.5, 0.6) is 11.5 Å². The number of hydrogen-bond donors (Lipinski definition) is 1. The smallest absolute Gasteiger partial charge is 0.259 e. The van der Waals surface area contributed by atoms with Gasteiger partial charge in [-0.25, -0.2) is 0 Å². The molecule has 1 saturated heterocycles. The van der Waals surface area contributed by atoms with Crippen molar-refractivity contribution in [1.29, 1.82) is 0 Å². The molecule has 0 bridgehead atoms. The summed E-state index contributed by atoms with van der Waals surface area (Å²) < 4.78 is 18.1. The van der Waals surface area contributed by atoms with E-state index in [1.807, 2.05) is 91.0 Å². The molecule has 1 heterocycles. The molecule has 1 aliphatic heterocycles. The zero-order valence-electron chi connectivity index (χ0n) is 23.8. The average Bonchev–Trinajstić information content (AvgIpc) is 3.01. The van der Waals surface area contributed by atoms with Gasteiger partial charge in [-0.3, -0.25) is 9.69 Å². The van der Waals surface area contributed by atoms with Crippen LogP contribution < -0.4 is 14.8 Å². The molecule has 0 spiro atoms. The number of rotatable bonds is 11. The summed E-state index contributed by atoms with van der Waals surface area (Å²) in [5.41, 5.74) is 5.41. The molecular formula is C35H38N2O4. The molecule has 0 aliphatic carbocycles. The predicted molar refractivity (Wildman–Crippen MR) is 163 cm³/mol. The Morgan fingerprint density at radius 1 is 0.805 bits per heavy atom. The van der Waals surface area contributed by atoms with E-state index in [9.17, 15) is 4.79 Å². The Morgan fingerprint density at radius 2 is 1.39 bits per heavy atom. The van der Waals surface area contributed by atoms with Gasteiger partial charge in [0.15, 0.2) is 0 Å². The highest BCUT2D eigenvalue weighted by Crippen LogP contribution is 2.35. The highest BCUT2D eigenvalue weighted by molar-refractivity contribution is 6.07. The zero-order valence-corrected chi connectivity index (χ0v) is 23.8. The topological polar surface area (TPSA) is 60.0 Å². The third-order valence-corrected chi connectivity index (χ3v) is 7.22.